The third kappa shape index (κ3) is 9.59. The van der Waals surface area contributed by atoms with Crippen LogP contribution in [0.25, 0.3) is 0 Å². The number of amidine groups is 1. The minimum absolute atomic E-state index is 0.0384. The summed E-state index contributed by atoms with van der Waals surface area (Å²) in [6.45, 7) is 6.87. The van der Waals surface area contributed by atoms with Gasteiger partial charge in [-0.15, -0.1) is 0 Å². The molecule has 0 aliphatic rings. The molecule has 6 N–H and O–H groups in total. The van der Waals surface area contributed by atoms with Crippen LogP contribution in [-0.4, -0.2) is 70.7 Å². The van der Waals surface area contributed by atoms with Gasteiger partial charge in [0.1, 0.15) is 12.1 Å². The topological polar surface area (TPSA) is 233 Å². The maximum absolute atomic E-state index is 13.8. The van der Waals surface area contributed by atoms with Crippen molar-refractivity contribution in [3.05, 3.63) is 82.2 Å². The summed E-state index contributed by atoms with van der Waals surface area (Å²) in [6.07, 6.45) is 1.71. The van der Waals surface area contributed by atoms with Crippen molar-refractivity contribution in [2.24, 2.45) is 4.99 Å². The maximum Gasteiger partial charge on any atom is 0.524 e. The summed E-state index contributed by atoms with van der Waals surface area (Å²) in [4.78, 5) is 77.7. The van der Waals surface area contributed by atoms with E-state index in [9.17, 15) is 23.7 Å². The fourth-order valence-corrected chi connectivity index (χ4v) is 4.61. The second-order valence-corrected chi connectivity index (χ2v) is 11.0. The molecule has 47 heavy (non-hydrogen) atoms. The summed E-state index contributed by atoms with van der Waals surface area (Å²) in [5, 5.41) is 13.2. The fraction of sp³-hybridized carbons (Fsp3) is 0.267. The van der Waals surface area contributed by atoms with E-state index in [4.69, 9.17) is 24.7 Å². The van der Waals surface area contributed by atoms with Crippen molar-refractivity contribution in [2.75, 3.05) is 24.8 Å². The zero-order chi connectivity index (χ0) is 34.7. The fourth-order valence-electron chi connectivity index (χ4n) is 4.22. The molecular formula is C30H35N6O10P. The van der Waals surface area contributed by atoms with Crippen molar-refractivity contribution >= 4 is 49.6 Å². The average molecular weight is 671 g/mol. The first-order valence-electron chi connectivity index (χ1n) is 14.2. The number of carbonyl (C=O) groups is 4. The quantitative estimate of drug-likeness (QED) is 0.0506. The van der Waals surface area contributed by atoms with Gasteiger partial charge >= 0.3 is 19.9 Å². The lowest BCUT2D eigenvalue weighted by Crippen LogP contribution is -2.40. The minimum Gasteiger partial charge on any atom is -0.424 e. The lowest BCUT2D eigenvalue weighted by atomic mass is 10.1. The van der Waals surface area contributed by atoms with Gasteiger partial charge in [0.25, 0.3) is 11.8 Å². The molecule has 16 nitrogen and oxygen atoms in total. The van der Waals surface area contributed by atoms with Crippen molar-refractivity contribution < 1.29 is 47.5 Å². The number of H-pyrrole nitrogens is 1. The highest BCUT2D eigenvalue weighted by Crippen LogP contribution is 2.37. The summed E-state index contributed by atoms with van der Waals surface area (Å²) >= 11 is 0. The Hall–Kier alpha value is -5.31. The molecule has 1 aromatic heterocycles. The highest BCUT2D eigenvalue weighted by Gasteiger charge is 2.30. The molecule has 0 saturated carbocycles. The molecule has 0 radical (unpaired) electrons. The predicted molar refractivity (Wildman–Crippen MR) is 171 cm³/mol. The molecule has 250 valence electrons. The van der Waals surface area contributed by atoms with Crippen molar-refractivity contribution in [3.63, 3.8) is 0 Å². The first-order valence-corrected chi connectivity index (χ1v) is 15.8. The van der Waals surface area contributed by atoms with Crippen LogP contribution in [0.5, 0.6) is 5.75 Å². The van der Waals surface area contributed by atoms with Crippen LogP contribution in [0.15, 0.2) is 53.7 Å². The Bertz CT molecular complexity index is 1710. The third-order valence-electron chi connectivity index (χ3n) is 6.46. The molecular weight excluding hydrogens is 635 g/mol. The average Bonchev–Trinajstić information content (AvgIpc) is 3.40. The Balaban J connectivity index is 1.97. The van der Waals surface area contributed by atoms with Gasteiger partial charge < -0.3 is 29.6 Å². The predicted octanol–water partition coefficient (Wildman–Crippen LogP) is 3.80. The van der Waals surface area contributed by atoms with Crippen molar-refractivity contribution in [1.29, 1.82) is 5.41 Å². The smallest absolute Gasteiger partial charge is 0.424 e. The molecule has 0 unspecified atom stereocenters. The number of phosphoric ester groups is 1. The molecule has 3 aromatic rings. The van der Waals surface area contributed by atoms with Crippen LogP contribution in [0, 0.1) is 19.3 Å². The van der Waals surface area contributed by atoms with Crippen LogP contribution in [0.4, 0.5) is 10.5 Å². The Labute approximate surface area is 269 Å². The molecule has 0 spiro atoms. The van der Waals surface area contributed by atoms with E-state index in [2.05, 4.69) is 25.1 Å². The molecule has 0 bridgehead atoms. The third-order valence-corrected chi connectivity index (χ3v) is 6.91. The number of aryl methyl sites for hydroxylation is 1. The van der Waals surface area contributed by atoms with E-state index in [1.165, 1.54) is 24.4 Å². The first-order chi connectivity index (χ1) is 22.3. The van der Waals surface area contributed by atoms with Crippen LogP contribution < -0.4 is 20.1 Å². The SMILES string of the molecule is CCCNC(=O)c1ccc(C)c(N(C(=O)OCOC(=O)c2ccc(OP(=O)(O)O)cc2)/C(=N/C=N)c2[nH]cc(C(=O)NCC)c2C)c1. The van der Waals surface area contributed by atoms with E-state index in [0.717, 1.165) is 17.0 Å². The number of benzene rings is 2. The van der Waals surface area contributed by atoms with E-state index in [1.807, 2.05) is 6.92 Å². The number of aromatic nitrogens is 1. The van der Waals surface area contributed by atoms with Crippen LogP contribution in [-0.2, 0) is 14.0 Å². The second kappa shape index (κ2) is 16.3. The minimum atomic E-state index is -4.80. The highest BCUT2D eigenvalue weighted by atomic mass is 31.2. The van der Waals surface area contributed by atoms with E-state index >= 15 is 0 Å². The number of anilines is 1. The summed E-state index contributed by atoms with van der Waals surface area (Å²) in [5.74, 6) is -2.05. The Morgan fingerprint density at radius 1 is 1.00 bits per heavy atom. The second-order valence-electron chi connectivity index (χ2n) is 9.80. The van der Waals surface area contributed by atoms with Gasteiger partial charge in [-0.25, -0.2) is 24.0 Å². The van der Waals surface area contributed by atoms with E-state index in [0.29, 0.717) is 37.0 Å². The van der Waals surface area contributed by atoms with Gasteiger partial charge in [0, 0.05) is 24.8 Å². The number of esters is 1. The lowest BCUT2D eigenvalue weighted by Gasteiger charge is -2.25. The molecule has 0 aliphatic heterocycles. The van der Waals surface area contributed by atoms with Gasteiger partial charge in [-0.1, -0.05) is 13.0 Å². The lowest BCUT2D eigenvalue weighted by molar-refractivity contribution is 0.0000915. The monoisotopic (exact) mass is 670 g/mol. The van der Waals surface area contributed by atoms with Crippen LogP contribution in [0.2, 0.25) is 0 Å². The molecule has 0 fully saturated rings. The summed E-state index contributed by atoms with van der Waals surface area (Å²) in [5.41, 5.74) is 1.71. The number of nitrogens with zero attached hydrogens (tertiary/aromatic N) is 2. The maximum atomic E-state index is 13.8. The number of ether oxygens (including phenoxy) is 2. The van der Waals surface area contributed by atoms with Crippen LogP contribution in [0.3, 0.4) is 0 Å². The molecule has 17 heteroatoms. The number of aliphatic imine (C=N–C) groups is 1. The number of carbonyl (C=O) groups excluding carboxylic acids is 4. The Morgan fingerprint density at radius 2 is 1.68 bits per heavy atom. The molecule has 0 saturated heterocycles. The van der Waals surface area contributed by atoms with Crippen molar-refractivity contribution in [1.82, 2.24) is 15.6 Å². The van der Waals surface area contributed by atoms with Gasteiger partial charge in [0.15, 0.2) is 5.84 Å². The molecule has 3 amide bonds. The first kappa shape index (κ1) is 36.2. The molecule has 2 aromatic carbocycles. The van der Waals surface area contributed by atoms with E-state index in [-0.39, 0.29) is 45.6 Å². The normalized spacial score (nSPS) is 11.3. The largest absolute Gasteiger partial charge is 0.524 e. The number of rotatable bonds is 13. The van der Waals surface area contributed by atoms with Gasteiger partial charge in [0.05, 0.1) is 22.5 Å². The van der Waals surface area contributed by atoms with Crippen LogP contribution >= 0.6 is 7.82 Å². The van der Waals surface area contributed by atoms with Crippen molar-refractivity contribution in [3.8, 4) is 5.75 Å². The van der Waals surface area contributed by atoms with Crippen molar-refractivity contribution in [2.45, 2.75) is 34.1 Å². The van der Waals surface area contributed by atoms with Gasteiger partial charge in [-0.2, -0.15) is 0 Å². The molecule has 0 atom stereocenters. The highest BCUT2D eigenvalue weighted by molar-refractivity contribution is 7.46. The number of nitrogens with one attached hydrogen (secondary N) is 4. The standard InChI is InChI=1S/C30H35N6O10P/c1-5-13-33-27(37)21-8-7-18(3)24(14-21)36(26(35-16-31)25-19(4)23(15-34-25)28(38)32-6-2)30(40)45-17-44-29(39)20-9-11-22(12-10-20)46-47(41,42)43/h7-12,14-16,31,34H,5-6,13,17H2,1-4H3,(H,32,38)(H,33,37)(H2,41,42,43)/b31-16?,35-26+. The Kier molecular flexibility index (Phi) is 12.5. The summed E-state index contributed by atoms with van der Waals surface area (Å²) < 4.78 is 25.9. The molecule has 3 rings (SSSR count). The van der Waals surface area contributed by atoms with Crippen LogP contribution in [0.1, 0.15) is 68.2 Å². The summed E-state index contributed by atoms with van der Waals surface area (Å²) in [6, 6.07) is 9.29. The molecule has 0 aliphatic carbocycles. The number of amides is 3. The van der Waals surface area contributed by atoms with Gasteiger partial charge in [-0.05, 0) is 74.7 Å². The van der Waals surface area contributed by atoms with E-state index < -0.39 is 32.6 Å². The van der Waals surface area contributed by atoms with E-state index in [1.54, 1.807) is 32.9 Å². The molecule has 1 heterocycles. The van der Waals surface area contributed by atoms with Gasteiger partial charge in [0.2, 0.25) is 6.79 Å². The number of phosphoric acid groups is 1. The number of hydrogen-bond acceptors (Lipinski definition) is 9. The zero-order valence-electron chi connectivity index (χ0n) is 26.0. The summed E-state index contributed by atoms with van der Waals surface area (Å²) in [7, 11) is -4.80. The number of aromatic amines is 1. The Morgan fingerprint density at radius 3 is 2.30 bits per heavy atom. The zero-order valence-corrected chi connectivity index (χ0v) is 26.9. The number of hydrogen-bond donors (Lipinski definition) is 6. The van der Waals surface area contributed by atoms with Gasteiger partial charge in [-0.3, -0.25) is 24.8 Å².